The predicted molar refractivity (Wildman–Crippen MR) is 185 cm³/mol. The van der Waals surface area contributed by atoms with Gasteiger partial charge in [-0.2, -0.15) is 0 Å². The molecule has 0 fully saturated rings. The summed E-state index contributed by atoms with van der Waals surface area (Å²) >= 11 is 0. The summed E-state index contributed by atoms with van der Waals surface area (Å²) in [6.07, 6.45) is 1.05. The lowest BCUT2D eigenvalue weighted by atomic mass is 9.84. The van der Waals surface area contributed by atoms with E-state index in [-0.39, 0.29) is 30.7 Å². The molecule has 0 heterocycles. The standard InChI is InChI=1S/C38H40N4O6/c1-24(22-39)34(36(45)40-23-26-12-17-31(48-4)18-13-26)42-35(44)32(20-25-10-15-30(16-11-25)38(2,3)37(46)47)41-33(43)21-27-9-14-28-7-5-6-8-29(28)19-27/h5-19,22,32,39H,20-21,23H2,1-4H3,(H,40,45)(H,41,43)(H,42,44)(H,46,47)/b34-24+,39-22?. The van der Waals surface area contributed by atoms with Crippen LogP contribution in [0.1, 0.15) is 43.0 Å². The Morgan fingerprint density at radius 3 is 2.12 bits per heavy atom. The molecular formula is C38H40N4O6. The third-order valence-electron chi connectivity index (χ3n) is 8.18. The lowest BCUT2D eigenvalue weighted by molar-refractivity contribution is -0.142. The first-order valence-corrected chi connectivity index (χ1v) is 15.4. The Morgan fingerprint density at radius 1 is 0.875 bits per heavy atom. The van der Waals surface area contributed by atoms with Gasteiger partial charge >= 0.3 is 5.97 Å². The number of hydrogen-bond acceptors (Lipinski definition) is 6. The van der Waals surface area contributed by atoms with Gasteiger partial charge in [-0.3, -0.25) is 19.2 Å². The van der Waals surface area contributed by atoms with Crippen molar-refractivity contribution in [3.8, 4) is 5.75 Å². The Balaban J connectivity index is 1.55. The third-order valence-corrected chi connectivity index (χ3v) is 8.18. The van der Waals surface area contributed by atoms with Crippen molar-refractivity contribution in [3.63, 3.8) is 0 Å². The zero-order chi connectivity index (χ0) is 34.8. The Morgan fingerprint density at radius 2 is 1.50 bits per heavy atom. The van der Waals surface area contributed by atoms with E-state index in [2.05, 4.69) is 16.0 Å². The highest BCUT2D eigenvalue weighted by molar-refractivity contribution is 6.03. The lowest BCUT2D eigenvalue weighted by Crippen LogP contribution is -2.50. The minimum atomic E-state index is -1.12. The van der Waals surface area contributed by atoms with Gasteiger partial charge in [0.25, 0.3) is 5.91 Å². The van der Waals surface area contributed by atoms with Crippen molar-refractivity contribution < 1.29 is 29.0 Å². The molecule has 0 radical (unpaired) electrons. The van der Waals surface area contributed by atoms with Gasteiger partial charge in [-0.25, -0.2) is 0 Å². The molecule has 10 nitrogen and oxygen atoms in total. The number of ether oxygens (including phenoxy) is 1. The van der Waals surface area contributed by atoms with E-state index < -0.39 is 35.1 Å². The number of nitrogens with one attached hydrogen (secondary N) is 4. The maximum absolute atomic E-state index is 13.8. The van der Waals surface area contributed by atoms with Crippen LogP contribution in [0.4, 0.5) is 0 Å². The molecule has 4 aromatic rings. The number of rotatable bonds is 14. The summed E-state index contributed by atoms with van der Waals surface area (Å²) in [7, 11) is 1.56. The molecule has 10 heteroatoms. The molecular weight excluding hydrogens is 608 g/mol. The van der Waals surface area contributed by atoms with E-state index in [0.717, 1.165) is 28.1 Å². The smallest absolute Gasteiger partial charge is 0.313 e. The fraction of sp³-hybridized carbons (Fsp3) is 0.237. The van der Waals surface area contributed by atoms with Gasteiger partial charge in [-0.05, 0) is 71.5 Å². The van der Waals surface area contributed by atoms with E-state index in [1.54, 1.807) is 69.5 Å². The first-order valence-electron chi connectivity index (χ1n) is 15.4. The summed E-state index contributed by atoms with van der Waals surface area (Å²) in [6, 6.07) is 26.4. The first kappa shape index (κ1) is 35.1. The summed E-state index contributed by atoms with van der Waals surface area (Å²) in [5.74, 6) is -1.94. The molecule has 3 amide bonds. The number of fused-ring (bicyclic) bond motifs is 1. The summed E-state index contributed by atoms with van der Waals surface area (Å²) in [4.78, 5) is 52.2. The van der Waals surface area contributed by atoms with Crippen molar-refractivity contribution >= 4 is 40.7 Å². The van der Waals surface area contributed by atoms with E-state index >= 15 is 0 Å². The largest absolute Gasteiger partial charge is 0.497 e. The number of carbonyl (C=O) groups is 4. The van der Waals surface area contributed by atoms with Gasteiger partial charge in [-0.15, -0.1) is 0 Å². The fourth-order valence-electron chi connectivity index (χ4n) is 5.04. The number of hydrogen-bond donors (Lipinski definition) is 5. The second-order valence-corrected chi connectivity index (χ2v) is 12.0. The number of carboxylic acids is 1. The molecule has 0 aliphatic heterocycles. The number of methoxy groups -OCH3 is 1. The minimum absolute atomic E-state index is 0.0188. The number of allylic oxidation sites excluding steroid dienone is 1. The highest BCUT2D eigenvalue weighted by Crippen LogP contribution is 2.24. The Hall–Kier alpha value is -5.77. The molecule has 248 valence electrons. The van der Waals surface area contributed by atoms with E-state index in [0.29, 0.717) is 16.9 Å². The number of benzene rings is 4. The maximum Gasteiger partial charge on any atom is 0.313 e. The van der Waals surface area contributed by atoms with Crippen molar-refractivity contribution in [1.29, 1.82) is 5.41 Å². The van der Waals surface area contributed by atoms with Crippen molar-refractivity contribution in [2.24, 2.45) is 0 Å². The zero-order valence-corrected chi connectivity index (χ0v) is 27.4. The normalized spacial score (nSPS) is 12.3. The quantitative estimate of drug-likeness (QED) is 0.0973. The lowest BCUT2D eigenvalue weighted by Gasteiger charge is -2.22. The molecule has 0 bridgehead atoms. The van der Waals surface area contributed by atoms with Crippen LogP contribution < -0.4 is 20.7 Å². The summed E-state index contributed by atoms with van der Waals surface area (Å²) in [5, 5.41) is 27.7. The monoisotopic (exact) mass is 648 g/mol. The molecule has 48 heavy (non-hydrogen) atoms. The maximum atomic E-state index is 13.8. The highest BCUT2D eigenvalue weighted by atomic mass is 16.5. The number of carboxylic acid groups (broad SMARTS) is 1. The fourth-order valence-corrected chi connectivity index (χ4v) is 5.04. The van der Waals surface area contributed by atoms with Crippen LogP contribution in [0.25, 0.3) is 10.8 Å². The van der Waals surface area contributed by atoms with Crippen LogP contribution in [0.3, 0.4) is 0 Å². The van der Waals surface area contributed by atoms with E-state index in [9.17, 15) is 24.3 Å². The van der Waals surface area contributed by atoms with E-state index in [1.165, 1.54) is 6.92 Å². The molecule has 0 saturated carbocycles. The molecule has 4 aromatic carbocycles. The number of carbonyl (C=O) groups excluding carboxylic acids is 3. The number of amides is 3. The molecule has 0 aliphatic rings. The van der Waals surface area contributed by atoms with Crippen LogP contribution in [-0.4, -0.2) is 48.2 Å². The van der Waals surface area contributed by atoms with Crippen LogP contribution >= 0.6 is 0 Å². The van der Waals surface area contributed by atoms with Crippen molar-refractivity contribution in [2.75, 3.05) is 7.11 Å². The van der Waals surface area contributed by atoms with Crippen LogP contribution in [0.5, 0.6) is 5.75 Å². The molecule has 0 aliphatic carbocycles. The average Bonchev–Trinajstić information content (AvgIpc) is 3.09. The van der Waals surface area contributed by atoms with Crippen LogP contribution in [-0.2, 0) is 44.0 Å². The Kier molecular flexibility index (Phi) is 11.5. The van der Waals surface area contributed by atoms with Crippen LogP contribution in [0.2, 0.25) is 0 Å². The van der Waals surface area contributed by atoms with Gasteiger partial charge in [0.1, 0.15) is 17.5 Å². The van der Waals surface area contributed by atoms with Gasteiger partial charge in [-0.1, -0.05) is 78.9 Å². The van der Waals surface area contributed by atoms with Crippen molar-refractivity contribution in [3.05, 3.63) is 125 Å². The van der Waals surface area contributed by atoms with E-state index in [4.69, 9.17) is 10.1 Å². The first-order chi connectivity index (χ1) is 22.9. The second-order valence-electron chi connectivity index (χ2n) is 12.0. The molecule has 1 unspecified atom stereocenters. The van der Waals surface area contributed by atoms with Gasteiger partial charge in [0.15, 0.2) is 0 Å². The minimum Gasteiger partial charge on any atom is -0.497 e. The topological polar surface area (TPSA) is 158 Å². The molecule has 5 N–H and O–H groups in total. The molecule has 0 saturated heterocycles. The van der Waals surface area contributed by atoms with Crippen LogP contribution in [0.15, 0.2) is 102 Å². The van der Waals surface area contributed by atoms with Crippen molar-refractivity contribution in [1.82, 2.24) is 16.0 Å². The van der Waals surface area contributed by atoms with Crippen LogP contribution in [0, 0.1) is 5.41 Å². The Labute approximate surface area is 279 Å². The second kappa shape index (κ2) is 15.7. The van der Waals surface area contributed by atoms with Gasteiger partial charge in [0.2, 0.25) is 11.8 Å². The Bertz CT molecular complexity index is 1850. The molecule has 1 atom stereocenters. The summed E-state index contributed by atoms with van der Waals surface area (Å²) in [5.41, 5.74) is 1.81. The number of aliphatic carboxylic acids is 1. The van der Waals surface area contributed by atoms with Gasteiger partial charge in [0.05, 0.1) is 18.9 Å². The zero-order valence-electron chi connectivity index (χ0n) is 27.4. The molecule has 4 rings (SSSR count). The van der Waals surface area contributed by atoms with Crippen molar-refractivity contribution in [2.45, 2.75) is 51.6 Å². The summed E-state index contributed by atoms with van der Waals surface area (Å²) < 4.78 is 5.17. The van der Waals surface area contributed by atoms with Gasteiger partial charge < -0.3 is 31.2 Å². The molecule has 0 spiro atoms. The highest BCUT2D eigenvalue weighted by Gasteiger charge is 2.30. The average molecular weight is 649 g/mol. The SMILES string of the molecule is COc1ccc(CNC(=O)/C(NC(=O)C(Cc2ccc(C(C)(C)C(=O)O)cc2)NC(=O)Cc2ccc3ccccc3c2)=C(/C)C=N)cc1. The van der Waals surface area contributed by atoms with E-state index in [1.807, 2.05) is 42.5 Å². The van der Waals surface area contributed by atoms with Gasteiger partial charge in [0, 0.05) is 19.2 Å². The predicted octanol–water partition coefficient (Wildman–Crippen LogP) is 4.84. The summed E-state index contributed by atoms with van der Waals surface area (Å²) in [6.45, 7) is 4.91. The third kappa shape index (κ3) is 8.94. The molecule has 0 aromatic heterocycles.